The van der Waals surface area contributed by atoms with Gasteiger partial charge in [-0.15, -0.1) is 0 Å². The van der Waals surface area contributed by atoms with Crippen molar-refractivity contribution < 1.29 is 10.0 Å². The third-order valence-electron chi connectivity index (χ3n) is 1.73. The van der Waals surface area contributed by atoms with Gasteiger partial charge in [0.05, 0.1) is 0 Å². The summed E-state index contributed by atoms with van der Waals surface area (Å²) in [4.78, 5) is 0. The Hall–Kier alpha value is -0.835. The van der Waals surface area contributed by atoms with Crippen LogP contribution in [-0.2, 0) is 0 Å². The van der Waals surface area contributed by atoms with E-state index >= 15 is 0 Å². The molecule has 1 rings (SSSR count). The molecular formula is C8H12BNO2. The van der Waals surface area contributed by atoms with Crippen molar-refractivity contribution >= 4 is 12.6 Å². The van der Waals surface area contributed by atoms with E-state index in [9.17, 15) is 0 Å². The normalized spacial score (nSPS) is 12.7. The summed E-state index contributed by atoms with van der Waals surface area (Å²) in [5.74, 6) is 0. The maximum absolute atomic E-state index is 8.84. The Labute approximate surface area is 72.0 Å². The van der Waals surface area contributed by atoms with Crippen molar-refractivity contribution in [2.75, 3.05) is 0 Å². The van der Waals surface area contributed by atoms with Crippen molar-refractivity contribution in [3.05, 3.63) is 29.8 Å². The minimum Gasteiger partial charge on any atom is -0.423 e. The second-order valence-electron chi connectivity index (χ2n) is 2.83. The quantitative estimate of drug-likeness (QED) is 0.512. The van der Waals surface area contributed by atoms with Gasteiger partial charge in [-0.1, -0.05) is 24.3 Å². The molecule has 0 fully saturated rings. The molecule has 12 heavy (non-hydrogen) atoms. The van der Waals surface area contributed by atoms with Crippen LogP contribution in [0.2, 0.25) is 0 Å². The molecule has 3 nitrogen and oxygen atoms in total. The summed E-state index contributed by atoms with van der Waals surface area (Å²) in [5, 5.41) is 17.7. The zero-order valence-corrected chi connectivity index (χ0v) is 6.94. The van der Waals surface area contributed by atoms with Crippen molar-refractivity contribution in [2.24, 2.45) is 5.73 Å². The van der Waals surface area contributed by atoms with E-state index in [2.05, 4.69) is 0 Å². The summed E-state index contributed by atoms with van der Waals surface area (Å²) in [6.07, 6.45) is 0. The Kier molecular flexibility index (Phi) is 2.86. The van der Waals surface area contributed by atoms with Gasteiger partial charge >= 0.3 is 7.12 Å². The van der Waals surface area contributed by atoms with Crippen LogP contribution in [0.5, 0.6) is 0 Å². The van der Waals surface area contributed by atoms with Crippen molar-refractivity contribution in [3.63, 3.8) is 0 Å². The molecule has 0 aromatic heterocycles. The summed E-state index contributed by atoms with van der Waals surface area (Å²) in [7, 11) is -1.41. The van der Waals surface area contributed by atoms with E-state index in [1.54, 1.807) is 18.2 Å². The molecule has 64 valence electrons. The molecule has 0 aliphatic heterocycles. The molecule has 0 heterocycles. The van der Waals surface area contributed by atoms with E-state index < -0.39 is 7.12 Å². The van der Waals surface area contributed by atoms with E-state index in [1.807, 2.05) is 13.0 Å². The van der Waals surface area contributed by atoms with Crippen LogP contribution >= 0.6 is 0 Å². The van der Waals surface area contributed by atoms with Gasteiger partial charge in [-0.05, 0) is 17.9 Å². The number of rotatable bonds is 2. The smallest absolute Gasteiger partial charge is 0.423 e. The molecule has 0 saturated heterocycles. The molecule has 4 heteroatoms. The Morgan fingerprint density at radius 2 is 2.08 bits per heavy atom. The molecule has 0 aliphatic carbocycles. The molecule has 1 aromatic carbocycles. The third kappa shape index (κ3) is 2.07. The van der Waals surface area contributed by atoms with Gasteiger partial charge in [-0.2, -0.15) is 0 Å². The summed E-state index contributed by atoms with van der Waals surface area (Å²) >= 11 is 0. The lowest BCUT2D eigenvalue weighted by atomic mass is 9.79. The predicted molar refractivity (Wildman–Crippen MR) is 48.9 cm³/mol. The first kappa shape index (κ1) is 9.25. The lowest BCUT2D eigenvalue weighted by molar-refractivity contribution is 0.425. The van der Waals surface area contributed by atoms with Crippen LogP contribution in [0.15, 0.2) is 24.3 Å². The Morgan fingerprint density at radius 3 is 2.58 bits per heavy atom. The minimum atomic E-state index is -1.41. The lowest BCUT2D eigenvalue weighted by Crippen LogP contribution is -2.30. The zero-order valence-electron chi connectivity index (χ0n) is 6.94. The molecule has 4 N–H and O–H groups in total. The van der Waals surface area contributed by atoms with Crippen molar-refractivity contribution in [1.29, 1.82) is 0 Å². The average Bonchev–Trinajstić information content (AvgIpc) is 2.04. The van der Waals surface area contributed by atoms with Crippen LogP contribution in [-0.4, -0.2) is 17.2 Å². The molecule has 0 aliphatic rings. The van der Waals surface area contributed by atoms with Gasteiger partial charge in [0.2, 0.25) is 0 Å². The van der Waals surface area contributed by atoms with Crippen LogP contribution < -0.4 is 11.2 Å². The molecular weight excluding hydrogens is 153 g/mol. The summed E-state index contributed by atoms with van der Waals surface area (Å²) in [6, 6.07) is 6.87. The maximum atomic E-state index is 8.84. The highest BCUT2D eigenvalue weighted by atomic mass is 16.4. The SMILES string of the molecule is C[C@@H](N)c1cccc(B(O)O)c1. The number of nitrogens with two attached hydrogens (primary N) is 1. The highest BCUT2D eigenvalue weighted by Gasteiger charge is 2.11. The van der Waals surface area contributed by atoms with Gasteiger partial charge in [-0.3, -0.25) is 0 Å². The Morgan fingerprint density at radius 1 is 1.42 bits per heavy atom. The largest absolute Gasteiger partial charge is 0.488 e. The molecule has 0 saturated carbocycles. The fourth-order valence-corrected chi connectivity index (χ4v) is 1.00. The minimum absolute atomic E-state index is 0.0799. The summed E-state index contributed by atoms with van der Waals surface area (Å²) in [6.45, 7) is 1.85. The van der Waals surface area contributed by atoms with Gasteiger partial charge in [0.25, 0.3) is 0 Å². The average molecular weight is 165 g/mol. The second-order valence-corrected chi connectivity index (χ2v) is 2.83. The fourth-order valence-electron chi connectivity index (χ4n) is 1.00. The second kappa shape index (κ2) is 3.71. The van der Waals surface area contributed by atoms with E-state index in [0.717, 1.165) is 5.56 Å². The molecule has 0 unspecified atom stereocenters. The topological polar surface area (TPSA) is 66.5 Å². The van der Waals surface area contributed by atoms with Crippen molar-refractivity contribution in [3.8, 4) is 0 Å². The molecule has 0 bridgehead atoms. The van der Waals surface area contributed by atoms with Crippen LogP contribution in [0.4, 0.5) is 0 Å². The van der Waals surface area contributed by atoms with Crippen LogP contribution in [0.3, 0.4) is 0 Å². The number of benzene rings is 1. The number of hydrogen-bond acceptors (Lipinski definition) is 3. The highest BCUT2D eigenvalue weighted by molar-refractivity contribution is 6.58. The van der Waals surface area contributed by atoms with E-state index in [1.165, 1.54) is 0 Å². The monoisotopic (exact) mass is 165 g/mol. The predicted octanol–water partition coefficient (Wildman–Crippen LogP) is -0.614. The van der Waals surface area contributed by atoms with Crippen molar-refractivity contribution in [2.45, 2.75) is 13.0 Å². The molecule has 0 spiro atoms. The van der Waals surface area contributed by atoms with E-state index in [0.29, 0.717) is 5.46 Å². The van der Waals surface area contributed by atoms with E-state index in [-0.39, 0.29) is 6.04 Å². The van der Waals surface area contributed by atoms with E-state index in [4.69, 9.17) is 15.8 Å². The zero-order chi connectivity index (χ0) is 9.14. The van der Waals surface area contributed by atoms with Gasteiger partial charge in [-0.25, -0.2) is 0 Å². The highest BCUT2D eigenvalue weighted by Crippen LogP contribution is 2.06. The molecule has 0 amide bonds. The number of hydrogen-bond donors (Lipinski definition) is 3. The van der Waals surface area contributed by atoms with Gasteiger partial charge in [0, 0.05) is 6.04 Å². The van der Waals surface area contributed by atoms with Crippen LogP contribution in [0.25, 0.3) is 0 Å². The fraction of sp³-hybridized carbons (Fsp3) is 0.250. The molecule has 0 radical (unpaired) electrons. The van der Waals surface area contributed by atoms with Gasteiger partial charge in [0.1, 0.15) is 0 Å². The van der Waals surface area contributed by atoms with Gasteiger partial charge < -0.3 is 15.8 Å². The van der Waals surface area contributed by atoms with Crippen LogP contribution in [0.1, 0.15) is 18.5 Å². The summed E-state index contributed by atoms with van der Waals surface area (Å²) < 4.78 is 0. The first-order valence-electron chi connectivity index (χ1n) is 3.83. The van der Waals surface area contributed by atoms with Gasteiger partial charge in [0.15, 0.2) is 0 Å². The summed E-state index contributed by atoms with van der Waals surface area (Å²) in [5.41, 5.74) is 7.00. The standard InChI is InChI=1S/C8H12BNO2/c1-6(10)7-3-2-4-8(5-7)9(11)12/h2-6,11-12H,10H2,1H3/t6-/m1/s1. The lowest BCUT2D eigenvalue weighted by Gasteiger charge is -2.06. The maximum Gasteiger partial charge on any atom is 0.488 e. The molecule has 1 aromatic rings. The van der Waals surface area contributed by atoms with Crippen molar-refractivity contribution in [1.82, 2.24) is 0 Å². The Balaban J connectivity index is 2.96. The Bertz CT molecular complexity index is 240. The first-order valence-corrected chi connectivity index (χ1v) is 3.83. The third-order valence-corrected chi connectivity index (χ3v) is 1.73. The molecule has 1 atom stereocenters. The first-order chi connectivity index (χ1) is 5.61. The van der Waals surface area contributed by atoms with Crippen LogP contribution in [0, 0.1) is 0 Å².